The van der Waals surface area contributed by atoms with Gasteiger partial charge in [-0.3, -0.25) is 0 Å². The molecule has 2 unspecified atom stereocenters. The van der Waals surface area contributed by atoms with Gasteiger partial charge in [-0.2, -0.15) is 0 Å². The highest BCUT2D eigenvalue weighted by Crippen LogP contribution is 2.60. The summed E-state index contributed by atoms with van der Waals surface area (Å²) < 4.78 is 0. The second-order valence-electron chi connectivity index (χ2n) is 23.2. The van der Waals surface area contributed by atoms with Gasteiger partial charge in [-0.1, -0.05) is 291 Å². The predicted molar refractivity (Wildman–Crippen MR) is 363 cm³/mol. The van der Waals surface area contributed by atoms with Gasteiger partial charge in [0.05, 0.1) is 5.41 Å². The van der Waals surface area contributed by atoms with Crippen molar-refractivity contribution in [3.8, 4) is 89.0 Å². The molecule has 0 saturated carbocycles. The molecule has 0 saturated heterocycles. The molecule has 0 N–H and O–H groups in total. The number of hydrogen-bond donors (Lipinski definition) is 0. The lowest BCUT2D eigenvalue weighted by atomic mass is 9.66. The molecule has 2 atom stereocenters. The number of aryl methyl sites for hydroxylation is 1. The van der Waals surface area contributed by atoms with Crippen LogP contribution in [-0.4, -0.2) is 0 Å². The molecule has 0 bridgehead atoms. The van der Waals surface area contributed by atoms with Crippen molar-refractivity contribution >= 4 is 11.1 Å². The lowest BCUT2D eigenvalue weighted by Crippen LogP contribution is -2.28. The van der Waals surface area contributed by atoms with Crippen LogP contribution in [0.5, 0.6) is 0 Å². The van der Waals surface area contributed by atoms with Crippen LogP contribution in [-0.2, 0) is 5.41 Å². The quantitative estimate of drug-likeness (QED) is 0.114. The Morgan fingerprint density at radius 1 is 0.279 bits per heavy atom. The van der Waals surface area contributed by atoms with E-state index in [1.165, 1.54) is 145 Å². The fraction of sp³-hybridized carbons (Fsp3) is 0.0465. The number of fused-ring (bicyclic) bond motifs is 3. The maximum atomic E-state index is 2.49. The van der Waals surface area contributed by atoms with E-state index in [2.05, 4.69) is 347 Å². The highest BCUT2D eigenvalue weighted by Gasteiger charge is 2.48. The second-order valence-corrected chi connectivity index (χ2v) is 23.2. The van der Waals surface area contributed by atoms with Gasteiger partial charge in [0.2, 0.25) is 0 Å². The minimum Gasteiger partial charge on any atom is -0.0688 e. The molecule has 0 radical (unpaired) electrons. The summed E-state index contributed by atoms with van der Waals surface area (Å²) in [5.41, 5.74) is 31.3. The molecule has 86 heavy (non-hydrogen) atoms. The highest BCUT2D eigenvalue weighted by molar-refractivity contribution is 5.98. The van der Waals surface area contributed by atoms with Crippen LogP contribution in [0.25, 0.3) is 100 Å². The third kappa shape index (κ3) is 9.66. The van der Waals surface area contributed by atoms with E-state index in [-0.39, 0.29) is 5.92 Å². The van der Waals surface area contributed by atoms with Gasteiger partial charge in [-0.05, 0) is 207 Å². The molecule has 0 nitrogen and oxygen atoms in total. The van der Waals surface area contributed by atoms with E-state index in [1.807, 2.05) is 0 Å². The topological polar surface area (TPSA) is 0 Å². The molecule has 2 aliphatic rings. The van der Waals surface area contributed by atoms with E-state index in [1.54, 1.807) is 0 Å². The smallest absolute Gasteiger partial charge is 0.0688 e. The average molecular weight is 1100 g/mol. The highest BCUT2D eigenvalue weighted by atomic mass is 14.5. The first-order chi connectivity index (χ1) is 42.5. The van der Waals surface area contributed by atoms with E-state index >= 15 is 0 Å². The third-order valence-corrected chi connectivity index (χ3v) is 18.0. The Morgan fingerprint density at radius 2 is 0.640 bits per heavy atom. The molecule has 0 spiro atoms. The van der Waals surface area contributed by atoms with Gasteiger partial charge in [0.1, 0.15) is 0 Å². The molecule has 0 fully saturated rings. The van der Waals surface area contributed by atoms with Gasteiger partial charge in [0.15, 0.2) is 0 Å². The molecule has 0 heterocycles. The van der Waals surface area contributed by atoms with Crippen molar-refractivity contribution in [2.75, 3.05) is 0 Å². The summed E-state index contributed by atoms with van der Waals surface area (Å²) in [6.45, 7) is 2.30. The van der Waals surface area contributed by atoms with E-state index in [4.69, 9.17) is 0 Å². The Bertz CT molecular complexity index is 4640. The lowest BCUT2D eigenvalue weighted by Gasteiger charge is -2.35. The zero-order valence-corrected chi connectivity index (χ0v) is 48.1. The number of hydrogen-bond acceptors (Lipinski definition) is 0. The van der Waals surface area contributed by atoms with Gasteiger partial charge < -0.3 is 0 Å². The van der Waals surface area contributed by atoms with Crippen molar-refractivity contribution in [1.29, 1.82) is 0 Å². The maximum Gasteiger partial charge on any atom is 0.0714 e. The third-order valence-electron chi connectivity index (χ3n) is 18.0. The summed E-state index contributed by atoms with van der Waals surface area (Å²) >= 11 is 0. The van der Waals surface area contributed by atoms with Crippen LogP contribution < -0.4 is 0 Å². The van der Waals surface area contributed by atoms with Crippen LogP contribution in [0, 0.1) is 6.92 Å². The molecule has 0 aliphatic heterocycles. The normalized spacial score (nSPS) is 15.1. The Labute approximate surface area is 506 Å². The predicted octanol–water partition coefficient (Wildman–Crippen LogP) is 22.7. The molecule has 13 aromatic carbocycles. The standard InChI is InChI=1S/C86H62/c1-59-24-17-46-82-84(59)85-81(72-42-20-35-65(50-72)60-25-7-2-8-26-60)45-23-47-83(85)86(82,79-43-21-40-70(57-79)66-36-18-38-68(48-66)77-53-73(61-27-9-3-10-28-61)51-74(54-77)62-29-11-4-12-30-62)80-44-22-41-71(58-80)67-37-19-39-69(49-67)78-55-75(63-31-13-5-14-32-63)52-76(56-78)64-33-15-6-16-34-64/h2-51,53-58,75H,52H2,1H3. The summed E-state index contributed by atoms with van der Waals surface area (Å²) in [4.78, 5) is 0. The summed E-state index contributed by atoms with van der Waals surface area (Å²) in [5.74, 6) is 0.256. The van der Waals surface area contributed by atoms with Gasteiger partial charge in [0, 0.05) is 5.92 Å². The van der Waals surface area contributed by atoms with E-state index in [0.29, 0.717) is 0 Å². The van der Waals surface area contributed by atoms with Crippen LogP contribution in [0.4, 0.5) is 0 Å². The largest absolute Gasteiger partial charge is 0.0714 e. The Hall–Kier alpha value is -10.7. The van der Waals surface area contributed by atoms with E-state index < -0.39 is 5.41 Å². The van der Waals surface area contributed by atoms with Crippen LogP contribution in [0.15, 0.2) is 340 Å². The van der Waals surface area contributed by atoms with Gasteiger partial charge in [0.25, 0.3) is 0 Å². The van der Waals surface area contributed by atoms with E-state index in [0.717, 1.165) is 6.42 Å². The van der Waals surface area contributed by atoms with Crippen molar-refractivity contribution in [3.05, 3.63) is 384 Å². The van der Waals surface area contributed by atoms with Crippen LogP contribution in [0.2, 0.25) is 0 Å². The Balaban J connectivity index is 0.907. The first kappa shape index (κ1) is 52.2. The zero-order valence-electron chi connectivity index (χ0n) is 48.1. The summed E-state index contributed by atoms with van der Waals surface area (Å²) in [6.07, 6.45) is 5.86. The average Bonchev–Trinajstić information content (AvgIpc) is 1.69. The van der Waals surface area contributed by atoms with Gasteiger partial charge >= 0.3 is 0 Å². The molecule has 0 heteroatoms. The van der Waals surface area contributed by atoms with Gasteiger partial charge in [-0.15, -0.1) is 0 Å². The second kappa shape index (κ2) is 22.5. The monoisotopic (exact) mass is 1090 g/mol. The molecule has 0 aromatic heterocycles. The number of rotatable bonds is 12. The Morgan fingerprint density at radius 3 is 1.20 bits per heavy atom. The summed E-state index contributed by atoms with van der Waals surface area (Å²) in [6, 6.07) is 122. The van der Waals surface area contributed by atoms with Crippen molar-refractivity contribution < 1.29 is 0 Å². The molecular weight excluding hydrogens is 1030 g/mol. The number of allylic oxidation sites excluding steroid dienone is 4. The number of benzene rings is 13. The van der Waals surface area contributed by atoms with Gasteiger partial charge in [-0.25, -0.2) is 0 Å². The fourth-order valence-electron chi connectivity index (χ4n) is 13.9. The Kier molecular flexibility index (Phi) is 13.6. The minimum absolute atomic E-state index is 0.256. The van der Waals surface area contributed by atoms with Crippen LogP contribution in [0.1, 0.15) is 56.8 Å². The maximum absolute atomic E-state index is 2.49. The molecular formula is C86H62. The molecule has 0 amide bonds. The summed E-state index contributed by atoms with van der Waals surface area (Å²) in [5, 5.41) is 0. The van der Waals surface area contributed by atoms with Crippen molar-refractivity contribution in [2.45, 2.75) is 24.7 Å². The zero-order chi connectivity index (χ0) is 57.4. The molecule has 2 aliphatic carbocycles. The van der Waals surface area contributed by atoms with E-state index in [9.17, 15) is 0 Å². The first-order valence-electron chi connectivity index (χ1n) is 30.1. The molecule has 13 aromatic rings. The minimum atomic E-state index is -0.707. The molecule has 15 rings (SSSR count). The van der Waals surface area contributed by atoms with Crippen molar-refractivity contribution in [2.24, 2.45) is 0 Å². The van der Waals surface area contributed by atoms with Crippen molar-refractivity contribution in [3.63, 3.8) is 0 Å². The first-order valence-corrected chi connectivity index (χ1v) is 30.1. The lowest BCUT2D eigenvalue weighted by molar-refractivity contribution is 0.769. The molecule has 406 valence electrons. The van der Waals surface area contributed by atoms with Crippen LogP contribution >= 0.6 is 0 Å². The van der Waals surface area contributed by atoms with Crippen molar-refractivity contribution in [1.82, 2.24) is 0 Å². The van der Waals surface area contributed by atoms with Crippen LogP contribution in [0.3, 0.4) is 0 Å². The fourth-order valence-corrected chi connectivity index (χ4v) is 13.9. The SMILES string of the molecule is Cc1cccc2c1-c1c(-c3cccc(-c4ccccc4)c3)cccc1C2(c1cccc(-c2cccc(C3=CC(c4ccccc4)CC(c4ccccc4)=C3)c2)c1)c1cccc(-c2cccc(-c3cc(-c4ccccc4)cc(-c4ccccc4)c3)c2)c1. The summed E-state index contributed by atoms with van der Waals surface area (Å²) in [7, 11) is 0.